The second-order valence-electron chi connectivity index (χ2n) is 4.92. The Morgan fingerprint density at radius 3 is 2.76 bits per heavy atom. The lowest BCUT2D eigenvalue weighted by Gasteiger charge is -2.09. The van der Waals surface area contributed by atoms with Gasteiger partial charge in [-0.3, -0.25) is 4.79 Å². The van der Waals surface area contributed by atoms with Crippen LogP contribution in [-0.4, -0.2) is 49.7 Å². The Bertz CT molecular complexity index is 533. The number of carbonyl (C=O) groups is 1. The van der Waals surface area contributed by atoms with Gasteiger partial charge in [0.25, 0.3) is 5.91 Å². The Kier molecular flexibility index (Phi) is 7.84. The molecule has 0 atom stereocenters. The summed E-state index contributed by atoms with van der Waals surface area (Å²) < 4.78 is 0. The first-order chi connectivity index (χ1) is 10.0. The summed E-state index contributed by atoms with van der Waals surface area (Å²) in [6.45, 7) is 1.45. The molecule has 0 aliphatic carbocycles. The quantitative estimate of drug-likeness (QED) is 0.622. The molecule has 2 N–H and O–H groups in total. The molecule has 4 nitrogen and oxygen atoms in total. The number of halogens is 1. The maximum Gasteiger partial charge on any atom is 0.251 e. The number of nitrogens with one attached hydrogen (secondary N) is 1. The number of benzene rings is 1. The van der Waals surface area contributed by atoms with Gasteiger partial charge in [0.05, 0.1) is 5.02 Å². The molecule has 0 saturated carbocycles. The number of carbonyl (C=O) groups excluding carboxylic acids is 1. The largest absolute Gasteiger partial charge is 0.384 e. The standard InChI is InChI=1S/C16H21ClN2O2/c1-19(2)10-4-3-9-18-16(21)14-8-7-13(6-5-11-20)15(17)12-14/h7-8,12,20H,3-4,9-11H2,1-2H3,(H,18,21). The van der Waals surface area contributed by atoms with E-state index >= 15 is 0 Å². The molecule has 0 heterocycles. The number of nitrogens with zero attached hydrogens (tertiary/aromatic N) is 1. The Balaban J connectivity index is 2.49. The van der Waals surface area contributed by atoms with E-state index in [1.165, 1.54) is 0 Å². The second-order valence-corrected chi connectivity index (χ2v) is 5.33. The molecule has 1 rings (SSSR count). The molecule has 5 heteroatoms. The van der Waals surface area contributed by atoms with E-state index in [0.717, 1.165) is 19.4 Å². The van der Waals surface area contributed by atoms with Gasteiger partial charge in [-0.2, -0.15) is 0 Å². The minimum absolute atomic E-state index is 0.136. The molecular weight excluding hydrogens is 288 g/mol. The summed E-state index contributed by atoms with van der Waals surface area (Å²) in [5.41, 5.74) is 1.12. The van der Waals surface area contributed by atoms with Gasteiger partial charge in [0.2, 0.25) is 0 Å². The van der Waals surface area contributed by atoms with Crippen molar-refractivity contribution in [3.05, 3.63) is 34.3 Å². The topological polar surface area (TPSA) is 52.6 Å². The zero-order valence-electron chi connectivity index (χ0n) is 12.4. The molecule has 114 valence electrons. The van der Waals surface area contributed by atoms with Crippen LogP contribution in [0.3, 0.4) is 0 Å². The summed E-state index contributed by atoms with van der Waals surface area (Å²) >= 11 is 6.06. The molecule has 0 aliphatic heterocycles. The maximum absolute atomic E-state index is 12.0. The van der Waals surface area contributed by atoms with E-state index in [0.29, 0.717) is 22.7 Å². The highest BCUT2D eigenvalue weighted by Crippen LogP contribution is 2.17. The molecule has 1 aromatic carbocycles. The van der Waals surface area contributed by atoms with Crippen LogP contribution >= 0.6 is 11.6 Å². The third kappa shape index (κ3) is 6.63. The normalized spacial score (nSPS) is 10.1. The minimum atomic E-state index is -0.217. The Labute approximate surface area is 131 Å². The lowest BCUT2D eigenvalue weighted by molar-refractivity contribution is 0.0953. The van der Waals surface area contributed by atoms with E-state index in [9.17, 15) is 4.79 Å². The average Bonchev–Trinajstić information content (AvgIpc) is 2.45. The fourth-order valence-corrected chi connectivity index (χ4v) is 1.98. The first-order valence-corrected chi connectivity index (χ1v) is 7.24. The maximum atomic E-state index is 12.0. The van der Waals surface area contributed by atoms with Gasteiger partial charge in [0, 0.05) is 17.7 Å². The van der Waals surface area contributed by atoms with Gasteiger partial charge in [-0.1, -0.05) is 23.4 Å². The number of amides is 1. The monoisotopic (exact) mass is 308 g/mol. The summed E-state index contributed by atoms with van der Waals surface area (Å²) in [5, 5.41) is 11.9. The van der Waals surface area contributed by atoms with Crippen LogP contribution in [0.25, 0.3) is 0 Å². The van der Waals surface area contributed by atoms with Gasteiger partial charge in [-0.25, -0.2) is 0 Å². The molecule has 0 saturated heterocycles. The first kappa shape index (κ1) is 17.5. The van der Waals surface area contributed by atoms with Crippen molar-refractivity contribution in [2.24, 2.45) is 0 Å². The van der Waals surface area contributed by atoms with Crippen molar-refractivity contribution in [2.45, 2.75) is 12.8 Å². The van der Waals surface area contributed by atoms with Crippen LogP contribution in [0.15, 0.2) is 18.2 Å². The van der Waals surface area contributed by atoms with E-state index in [2.05, 4.69) is 22.1 Å². The molecule has 1 amide bonds. The molecular formula is C16H21ClN2O2. The Morgan fingerprint density at radius 2 is 2.14 bits per heavy atom. The van der Waals surface area contributed by atoms with Crippen LogP contribution < -0.4 is 5.32 Å². The van der Waals surface area contributed by atoms with Gasteiger partial charge in [0.1, 0.15) is 6.61 Å². The van der Waals surface area contributed by atoms with E-state index in [4.69, 9.17) is 16.7 Å². The van der Waals surface area contributed by atoms with Crippen LogP contribution in [-0.2, 0) is 0 Å². The summed E-state index contributed by atoms with van der Waals surface area (Å²) in [5.74, 6) is 5.12. The number of aliphatic hydroxyl groups is 1. The molecule has 0 bridgehead atoms. The van der Waals surface area contributed by atoms with Crippen LogP contribution in [0.5, 0.6) is 0 Å². The van der Waals surface area contributed by atoms with Crippen molar-refractivity contribution in [3.63, 3.8) is 0 Å². The second kappa shape index (κ2) is 9.41. The fourth-order valence-electron chi connectivity index (χ4n) is 1.75. The molecule has 0 fully saturated rings. The van der Waals surface area contributed by atoms with Crippen molar-refractivity contribution >= 4 is 17.5 Å². The summed E-state index contributed by atoms with van der Waals surface area (Å²) in [4.78, 5) is 14.1. The highest BCUT2D eigenvalue weighted by atomic mass is 35.5. The zero-order chi connectivity index (χ0) is 15.7. The van der Waals surface area contributed by atoms with Gasteiger partial charge in [0.15, 0.2) is 0 Å². The Morgan fingerprint density at radius 1 is 1.38 bits per heavy atom. The summed E-state index contributed by atoms with van der Waals surface area (Å²) in [6, 6.07) is 4.96. The Hall–Kier alpha value is -1.54. The van der Waals surface area contributed by atoms with Crippen LogP contribution in [0.4, 0.5) is 0 Å². The van der Waals surface area contributed by atoms with E-state index in [1.807, 2.05) is 14.1 Å². The zero-order valence-corrected chi connectivity index (χ0v) is 13.2. The number of rotatable bonds is 6. The molecule has 0 unspecified atom stereocenters. The highest BCUT2D eigenvalue weighted by Gasteiger charge is 2.07. The average molecular weight is 309 g/mol. The predicted molar refractivity (Wildman–Crippen MR) is 85.5 cm³/mol. The number of unbranched alkanes of at least 4 members (excludes halogenated alkanes) is 1. The summed E-state index contributed by atoms with van der Waals surface area (Å²) in [7, 11) is 4.06. The van der Waals surface area contributed by atoms with Crippen molar-refractivity contribution < 1.29 is 9.90 Å². The van der Waals surface area contributed by atoms with Crippen molar-refractivity contribution in [3.8, 4) is 11.8 Å². The first-order valence-electron chi connectivity index (χ1n) is 6.87. The molecule has 0 spiro atoms. The van der Waals surface area contributed by atoms with E-state index in [-0.39, 0.29) is 12.5 Å². The van der Waals surface area contributed by atoms with Gasteiger partial charge in [-0.15, -0.1) is 0 Å². The highest BCUT2D eigenvalue weighted by molar-refractivity contribution is 6.32. The van der Waals surface area contributed by atoms with E-state index in [1.54, 1.807) is 18.2 Å². The number of aliphatic hydroxyl groups excluding tert-OH is 1. The lowest BCUT2D eigenvalue weighted by Crippen LogP contribution is -2.25. The lowest BCUT2D eigenvalue weighted by atomic mass is 10.1. The third-order valence-corrected chi connectivity index (χ3v) is 3.16. The van der Waals surface area contributed by atoms with Crippen LogP contribution in [0.2, 0.25) is 5.02 Å². The van der Waals surface area contributed by atoms with Crippen LogP contribution in [0.1, 0.15) is 28.8 Å². The van der Waals surface area contributed by atoms with Crippen molar-refractivity contribution in [1.29, 1.82) is 0 Å². The van der Waals surface area contributed by atoms with E-state index < -0.39 is 0 Å². The number of hydrogen-bond donors (Lipinski definition) is 2. The predicted octanol–water partition coefficient (Wildman–Crippen LogP) is 1.76. The SMILES string of the molecule is CN(C)CCCCNC(=O)c1ccc(C#CCO)c(Cl)c1. The van der Waals surface area contributed by atoms with Gasteiger partial charge >= 0.3 is 0 Å². The van der Waals surface area contributed by atoms with Crippen molar-refractivity contribution in [2.75, 3.05) is 33.8 Å². The van der Waals surface area contributed by atoms with Crippen molar-refractivity contribution in [1.82, 2.24) is 10.2 Å². The molecule has 0 radical (unpaired) electrons. The van der Waals surface area contributed by atoms with Gasteiger partial charge in [-0.05, 0) is 51.7 Å². The molecule has 21 heavy (non-hydrogen) atoms. The molecule has 1 aromatic rings. The summed E-state index contributed by atoms with van der Waals surface area (Å²) in [6.07, 6.45) is 1.99. The molecule has 0 aliphatic rings. The molecule has 0 aromatic heterocycles. The van der Waals surface area contributed by atoms with Gasteiger partial charge < -0.3 is 15.3 Å². The minimum Gasteiger partial charge on any atom is -0.384 e. The number of hydrogen-bond acceptors (Lipinski definition) is 3. The van der Waals surface area contributed by atoms with Crippen LogP contribution in [0, 0.1) is 11.8 Å². The fraction of sp³-hybridized carbons (Fsp3) is 0.438. The third-order valence-electron chi connectivity index (χ3n) is 2.85. The smallest absolute Gasteiger partial charge is 0.251 e.